The van der Waals surface area contributed by atoms with Gasteiger partial charge in [-0.2, -0.15) is 0 Å². The number of esters is 3. The molecule has 0 bridgehead atoms. The number of imidazole rings is 1. The Kier molecular flexibility index (Phi) is 5.89. The van der Waals surface area contributed by atoms with Gasteiger partial charge in [0.1, 0.15) is 23.5 Å². The smallest absolute Gasteiger partial charge is 0.338 e. The summed E-state index contributed by atoms with van der Waals surface area (Å²) in [6.07, 6.45) is -0.297. The van der Waals surface area contributed by atoms with Crippen molar-refractivity contribution in [3.8, 4) is 0 Å². The van der Waals surface area contributed by atoms with Gasteiger partial charge in [0, 0.05) is 13.8 Å². The van der Waals surface area contributed by atoms with Gasteiger partial charge >= 0.3 is 17.9 Å². The van der Waals surface area contributed by atoms with Gasteiger partial charge < -0.3 is 18.9 Å². The lowest BCUT2D eigenvalue weighted by Gasteiger charge is -2.47. The fourth-order valence-corrected chi connectivity index (χ4v) is 4.78. The van der Waals surface area contributed by atoms with Crippen molar-refractivity contribution < 1.29 is 33.3 Å². The lowest BCUT2D eigenvalue weighted by molar-refractivity contribution is -0.221. The molecule has 0 radical (unpaired) electrons. The Morgan fingerprint density at radius 1 is 1.06 bits per heavy atom. The molecule has 35 heavy (non-hydrogen) atoms. The van der Waals surface area contributed by atoms with Crippen LogP contribution in [0.15, 0.2) is 43.0 Å². The minimum atomic E-state index is -1.24. The van der Waals surface area contributed by atoms with Crippen LogP contribution in [0.5, 0.6) is 0 Å². The number of fused-ring (bicyclic) bond motifs is 1. The molecule has 3 heterocycles. The molecular weight excluding hydrogens is 480 g/mol. The average molecular weight is 501 g/mol. The number of ether oxygens (including phenoxy) is 4. The van der Waals surface area contributed by atoms with Crippen molar-refractivity contribution in [1.82, 2.24) is 19.5 Å². The third-order valence-corrected chi connectivity index (χ3v) is 6.46. The monoisotopic (exact) mass is 500 g/mol. The maximum absolute atomic E-state index is 12.8. The number of carbonyl (C=O) groups is 3. The van der Waals surface area contributed by atoms with Crippen LogP contribution in [-0.2, 0) is 28.5 Å². The number of hydrogen-bond acceptors (Lipinski definition) is 10. The predicted octanol–water partition coefficient (Wildman–Crippen LogP) is 2.63. The zero-order valence-corrected chi connectivity index (χ0v) is 19.5. The first-order valence-electron chi connectivity index (χ1n) is 10.9. The molecule has 0 N–H and O–H groups in total. The van der Waals surface area contributed by atoms with Gasteiger partial charge in [-0.1, -0.05) is 29.8 Å². The summed E-state index contributed by atoms with van der Waals surface area (Å²) in [5.74, 6) is -1.75. The molecule has 11 nitrogen and oxygen atoms in total. The normalized spacial score (nSPS) is 27.4. The van der Waals surface area contributed by atoms with Crippen molar-refractivity contribution in [3.05, 3.63) is 53.7 Å². The molecule has 3 aromatic rings. The van der Waals surface area contributed by atoms with E-state index < -0.39 is 48.0 Å². The van der Waals surface area contributed by atoms with E-state index in [9.17, 15) is 14.4 Å². The summed E-state index contributed by atoms with van der Waals surface area (Å²) in [6.45, 7) is 2.49. The van der Waals surface area contributed by atoms with E-state index in [1.165, 1.54) is 31.1 Å². The van der Waals surface area contributed by atoms with Gasteiger partial charge in [0.05, 0.1) is 11.9 Å². The van der Waals surface area contributed by atoms with Crippen LogP contribution in [0.25, 0.3) is 11.2 Å². The Morgan fingerprint density at radius 3 is 2.46 bits per heavy atom. The first-order chi connectivity index (χ1) is 16.8. The number of benzene rings is 1. The van der Waals surface area contributed by atoms with Crippen molar-refractivity contribution in [2.24, 2.45) is 0 Å². The molecule has 12 heteroatoms. The average Bonchev–Trinajstić information content (AvgIpc) is 3.38. The molecule has 2 fully saturated rings. The minimum Gasteiger partial charge on any atom is -0.456 e. The van der Waals surface area contributed by atoms with Crippen molar-refractivity contribution in [2.75, 3.05) is 0 Å². The fourth-order valence-electron chi connectivity index (χ4n) is 4.61. The Hall–Kier alpha value is -3.57. The molecule has 0 amide bonds. The number of carbonyl (C=O) groups excluding carboxylic acids is 3. The molecule has 1 aliphatic heterocycles. The summed E-state index contributed by atoms with van der Waals surface area (Å²) in [6, 6.07) is 8.52. The molecule has 5 rings (SSSR count). The van der Waals surface area contributed by atoms with Crippen LogP contribution in [0.2, 0.25) is 5.15 Å². The first kappa shape index (κ1) is 23.2. The summed E-state index contributed by atoms with van der Waals surface area (Å²) < 4.78 is 25.0. The Labute approximate surface area is 204 Å². The molecule has 2 aromatic heterocycles. The van der Waals surface area contributed by atoms with Crippen LogP contribution >= 0.6 is 11.6 Å². The van der Waals surface area contributed by atoms with Crippen LogP contribution in [-0.4, -0.2) is 61.3 Å². The molecule has 1 saturated heterocycles. The van der Waals surface area contributed by atoms with Crippen molar-refractivity contribution in [3.63, 3.8) is 0 Å². The van der Waals surface area contributed by atoms with Crippen molar-refractivity contribution >= 4 is 40.7 Å². The third-order valence-electron chi connectivity index (χ3n) is 6.19. The highest BCUT2D eigenvalue weighted by molar-refractivity contribution is 6.33. The van der Waals surface area contributed by atoms with E-state index in [1.54, 1.807) is 30.3 Å². The second kappa shape index (κ2) is 8.90. The highest BCUT2D eigenvalue weighted by Gasteiger charge is 2.68. The highest BCUT2D eigenvalue weighted by Crippen LogP contribution is 2.53. The molecule has 1 spiro atoms. The number of aromatic nitrogens is 4. The number of nitrogens with zero attached hydrogens (tertiary/aromatic N) is 4. The fraction of sp³-hybridized carbons (Fsp3) is 0.391. The molecule has 1 saturated carbocycles. The Balaban J connectivity index is 1.54. The highest BCUT2D eigenvalue weighted by atomic mass is 35.5. The van der Waals surface area contributed by atoms with E-state index in [0.717, 1.165) is 0 Å². The largest absolute Gasteiger partial charge is 0.456 e. The molecule has 1 aromatic carbocycles. The molecule has 1 aliphatic carbocycles. The first-order valence-corrected chi connectivity index (χ1v) is 11.3. The van der Waals surface area contributed by atoms with Crippen molar-refractivity contribution in [1.29, 1.82) is 0 Å². The van der Waals surface area contributed by atoms with Gasteiger partial charge in [-0.05, 0) is 25.0 Å². The summed E-state index contributed by atoms with van der Waals surface area (Å²) in [7, 11) is 0. The van der Waals surface area contributed by atoms with Crippen LogP contribution in [0.4, 0.5) is 0 Å². The van der Waals surface area contributed by atoms with E-state index >= 15 is 0 Å². The van der Waals surface area contributed by atoms with Crippen LogP contribution in [0, 0.1) is 0 Å². The van der Waals surface area contributed by atoms with E-state index in [2.05, 4.69) is 15.0 Å². The Bertz CT molecular complexity index is 1300. The second-order valence-electron chi connectivity index (χ2n) is 8.35. The Morgan fingerprint density at radius 2 is 1.80 bits per heavy atom. The second-order valence-corrected chi connectivity index (χ2v) is 8.71. The lowest BCUT2D eigenvalue weighted by atomic mass is 9.72. The van der Waals surface area contributed by atoms with Crippen LogP contribution in [0.3, 0.4) is 0 Å². The van der Waals surface area contributed by atoms with Crippen molar-refractivity contribution in [2.45, 2.75) is 56.8 Å². The molecular formula is C23H21ClN4O7. The van der Waals surface area contributed by atoms with Gasteiger partial charge in [0.25, 0.3) is 0 Å². The predicted molar refractivity (Wildman–Crippen MR) is 119 cm³/mol. The van der Waals surface area contributed by atoms with Crippen LogP contribution in [0.1, 0.15) is 43.3 Å². The van der Waals surface area contributed by atoms with Crippen LogP contribution < -0.4 is 0 Å². The standard InChI is InChI=1S/C23H21ClN4O7/c1-12(29)32-17-18(33-13(2)30)23(9-8-15(23)34-22(31)14-6-4-3-5-7-14)35-21(17)28-11-27-16-19(24)25-10-26-20(16)28/h3-7,10-11,15,17-18,21H,8-9H2,1-2H3/t15?,17?,18?,21?,23-/m1/s1. The lowest BCUT2D eigenvalue weighted by Crippen LogP contribution is -2.62. The SMILES string of the molecule is CC(=O)OC1C(n2cnc3c(Cl)ncnc32)O[C@@]2(CCC2OC(=O)c2ccccc2)C1OC(C)=O. The maximum Gasteiger partial charge on any atom is 0.338 e. The van der Waals surface area contributed by atoms with Gasteiger partial charge in [-0.15, -0.1) is 0 Å². The number of halogens is 1. The summed E-state index contributed by atoms with van der Waals surface area (Å²) in [4.78, 5) is 49.3. The van der Waals surface area contributed by atoms with Gasteiger partial charge in [0.2, 0.25) is 0 Å². The third kappa shape index (κ3) is 4.00. The molecule has 182 valence electrons. The summed E-state index contributed by atoms with van der Waals surface area (Å²) >= 11 is 6.15. The van der Waals surface area contributed by atoms with Gasteiger partial charge in [0.15, 0.2) is 29.2 Å². The molecule has 5 atom stereocenters. The van der Waals surface area contributed by atoms with E-state index in [4.69, 9.17) is 30.5 Å². The van der Waals surface area contributed by atoms with E-state index in [-0.39, 0.29) is 5.15 Å². The number of rotatable bonds is 5. The zero-order valence-electron chi connectivity index (χ0n) is 18.8. The van der Waals surface area contributed by atoms with E-state index in [1.807, 2.05) is 0 Å². The van der Waals surface area contributed by atoms with Gasteiger partial charge in [-0.3, -0.25) is 14.2 Å². The minimum absolute atomic E-state index is 0.139. The quantitative estimate of drug-likeness (QED) is 0.292. The zero-order chi connectivity index (χ0) is 24.7. The molecule has 2 aliphatic rings. The van der Waals surface area contributed by atoms with E-state index in [0.29, 0.717) is 29.6 Å². The molecule has 4 unspecified atom stereocenters. The maximum atomic E-state index is 12.8. The summed E-state index contributed by atoms with van der Waals surface area (Å²) in [5.41, 5.74) is -0.210. The number of hydrogen-bond donors (Lipinski definition) is 0. The summed E-state index contributed by atoms with van der Waals surface area (Å²) in [5, 5.41) is 0.139. The van der Waals surface area contributed by atoms with Gasteiger partial charge in [-0.25, -0.2) is 19.7 Å². The topological polar surface area (TPSA) is 132 Å².